The molecule has 13 nitrogen and oxygen atoms in total. The monoisotopic (exact) mass is 855 g/mol. The normalized spacial score (nSPS) is 20.3. The van der Waals surface area contributed by atoms with E-state index in [-0.39, 0.29) is 30.2 Å². The van der Waals surface area contributed by atoms with Crippen LogP contribution >= 0.6 is 0 Å². The molecule has 1 saturated heterocycles. The van der Waals surface area contributed by atoms with Crippen molar-refractivity contribution in [2.75, 3.05) is 53.0 Å². The van der Waals surface area contributed by atoms with E-state index in [1.54, 1.807) is 41.6 Å². The summed E-state index contributed by atoms with van der Waals surface area (Å²) in [4.78, 5) is 38.4. The first-order valence-corrected chi connectivity index (χ1v) is 21.1. The second kappa shape index (κ2) is 17.5. The average molecular weight is 856 g/mol. The van der Waals surface area contributed by atoms with Gasteiger partial charge in [0.05, 0.1) is 23.7 Å². The van der Waals surface area contributed by atoms with E-state index < -0.39 is 40.3 Å². The molecule has 328 valence electrons. The highest BCUT2D eigenvalue weighted by Gasteiger charge is 2.50. The van der Waals surface area contributed by atoms with Gasteiger partial charge in [-0.3, -0.25) is 14.4 Å². The Morgan fingerprint density at radius 3 is 2.19 bits per heavy atom. The van der Waals surface area contributed by atoms with Gasteiger partial charge in [0.15, 0.2) is 17.4 Å². The number of rotatable bonds is 13. The summed E-state index contributed by atoms with van der Waals surface area (Å²) in [5, 5.41) is 8.85. The SMILES string of the molecule is COc1ccc(COc2c(F)cc(C(=O)NCC34CCC(n5cc6ccc(-c7cnc(OCCN8CCN(C(=O)OC(C)(C)C)CC8)nc7)cc6n5)(CC3)CC4)c(F)c2F)cc1. The average Bonchev–Trinajstić information content (AvgIpc) is 3.72. The van der Waals surface area contributed by atoms with Gasteiger partial charge in [0.2, 0.25) is 5.82 Å². The first-order valence-electron chi connectivity index (χ1n) is 21.1. The van der Waals surface area contributed by atoms with Crippen LogP contribution in [0.2, 0.25) is 0 Å². The lowest BCUT2D eigenvalue weighted by Gasteiger charge is -2.53. The van der Waals surface area contributed by atoms with Crippen molar-refractivity contribution in [3.05, 3.63) is 95.7 Å². The lowest BCUT2D eigenvalue weighted by molar-refractivity contribution is -0.00564. The third-order valence-electron chi connectivity index (χ3n) is 12.5. The zero-order valence-electron chi connectivity index (χ0n) is 35.5. The van der Waals surface area contributed by atoms with Crippen LogP contribution in [0.15, 0.2) is 67.1 Å². The van der Waals surface area contributed by atoms with Crippen LogP contribution in [0, 0.1) is 22.9 Å². The van der Waals surface area contributed by atoms with Crippen LogP contribution in [0.5, 0.6) is 17.5 Å². The summed E-state index contributed by atoms with van der Waals surface area (Å²) < 4.78 is 69.0. The number of amides is 2. The molecule has 4 fully saturated rings. The molecule has 0 unspecified atom stereocenters. The molecule has 1 N–H and O–H groups in total. The summed E-state index contributed by atoms with van der Waals surface area (Å²) in [5.74, 6) is -5.30. The molecule has 3 saturated carbocycles. The maximum absolute atomic E-state index is 15.1. The molecule has 0 spiro atoms. The van der Waals surface area contributed by atoms with Gasteiger partial charge in [-0.05, 0) is 100 Å². The summed E-state index contributed by atoms with van der Waals surface area (Å²) in [6, 6.07) is 13.8. The molecule has 2 amide bonds. The number of carbonyl (C=O) groups excluding carboxylic acids is 2. The van der Waals surface area contributed by atoms with Crippen LogP contribution in [0.25, 0.3) is 22.0 Å². The van der Waals surface area contributed by atoms with Crippen molar-refractivity contribution in [1.82, 2.24) is 34.9 Å². The molecule has 4 aliphatic rings. The van der Waals surface area contributed by atoms with Gasteiger partial charge in [0, 0.05) is 68.8 Å². The topological polar surface area (TPSA) is 133 Å². The van der Waals surface area contributed by atoms with Gasteiger partial charge in [0.1, 0.15) is 24.6 Å². The molecule has 0 radical (unpaired) electrons. The summed E-state index contributed by atoms with van der Waals surface area (Å²) >= 11 is 0. The van der Waals surface area contributed by atoms with Crippen molar-refractivity contribution in [1.29, 1.82) is 0 Å². The highest BCUT2D eigenvalue weighted by molar-refractivity contribution is 5.94. The third kappa shape index (κ3) is 9.30. The van der Waals surface area contributed by atoms with E-state index in [9.17, 15) is 14.0 Å². The fourth-order valence-electron chi connectivity index (χ4n) is 8.69. The highest BCUT2D eigenvalue weighted by Crippen LogP contribution is 2.55. The summed E-state index contributed by atoms with van der Waals surface area (Å²) in [6.07, 6.45) is 10.3. The Morgan fingerprint density at radius 2 is 1.53 bits per heavy atom. The number of nitrogens with one attached hydrogen (secondary N) is 1. The van der Waals surface area contributed by atoms with E-state index >= 15 is 8.78 Å². The molecule has 0 atom stereocenters. The lowest BCUT2D eigenvalue weighted by atomic mass is 9.57. The molecule has 3 aliphatic carbocycles. The molecule has 1 aliphatic heterocycles. The molecule has 3 heterocycles. The molecule has 16 heteroatoms. The molecule has 2 bridgehead atoms. The molecule has 5 aromatic rings. The zero-order chi connectivity index (χ0) is 43.6. The minimum atomic E-state index is -1.55. The van der Waals surface area contributed by atoms with E-state index in [1.807, 2.05) is 39.0 Å². The van der Waals surface area contributed by atoms with E-state index in [2.05, 4.69) is 31.1 Å². The Labute approximate surface area is 358 Å². The molecular weight excluding hydrogens is 804 g/mol. The van der Waals surface area contributed by atoms with E-state index in [0.29, 0.717) is 49.6 Å². The van der Waals surface area contributed by atoms with E-state index in [4.69, 9.17) is 24.0 Å². The zero-order valence-corrected chi connectivity index (χ0v) is 35.5. The third-order valence-corrected chi connectivity index (χ3v) is 12.5. The fraction of sp³-hybridized carbons (Fsp3) is 0.457. The van der Waals surface area contributed by atoms with Gasteiger partial charge >= 0.3 is 12.1 Å². The van der Waals surface area contributed by atoms with Crippen molar-refractivity contribution in [3.63, 3.8) is 0 Å². The number of piperazine rings is 1. The van der Waals surface area contributed by atoms with Crippen molar-refractivity contribution < 1.29 is 41.7 Å². The Bertz CT molecular complexity index is 2390. The first kappa shape index (κ1) is 42.8. The number of carbonyl (C=O) groups is 2. The highest BCUT2D eigenvalue weighted by atomic mass is 19.2. The maximum atomic E-state index is 15.1. The van der Waals surface area contributed by atoms with Crippen LogP contribution in [0.3, 0.4) is 0 Å². The number of aromatic nitrogens is 4. The van der Waals surface area contributed by atoms with E-state index in [0.717, 1.165) is 73.6 Å². The number of halogens is 3. The lowest BCUT2D eigenvalue weighted by Crippen LogP contribution is -2.51. The first-order chi connectivity index (χ1) is 29.7. The second-order valence-corrected chi connectivity index (χ2v) is 17.7. The van der Waals surface area contributed by atoms with Gasteiger partial charge in [-0.15, -0.1) is 0 Å². The van der Waals surface area contributed by atoms with Crippen LogP contribution in [0.4, 0.5) is 18.0 Å². The number of hydrogen-bond acceptors (Lipinski definition) is 10. The number of ether oxygens (including phenoxy) is 4. The molecule has 9 rings (SSSR count). The van der Waals surface area contributed by atoms with E-state index in [1.165, 1.54) is 7.11 Å². The van der Waals surface area contributed by atoms with Crippen LogP contribution in [-0.4, -0.2) is 100 Å². The molecular formula is C46H52F3N7O6. The van der Waals surface area contributed by atoms with Crippen LogP contribution in [-0.2, 0) is 16.9 Å². The summed E-state index contributed by atoms with van der Waals surface area (Å²) in [5.41, 5.74) is 1.64. The number of benzene rings is 3. The van der Waals surface area contributed by atoms with Crippen molar-refractivity contribution in [3.8, 4) is 28.6 Å². The van der Waals surface area contributed by atoms with Gasteiger partial charge in [-0.2, -0.15) is 9.49 Å². The van der Waals surface area contributed by atoms with Crippen molar-refractivity contribution in [2.45, 2.75) is 77.0 Å². The quantitative estimate of drug-likeness (QED) is 0.117. The van der Waals surface area contributed by atoms with Gasteiger partial charge < -0.3 is 29.2 Å². The van der Waals surface area contributed by atoms with Crippen LogP contribution in [0.1, 0.15) is 75.2 Å². The second-order valence-electron chi connectivity index (χ2n) is 17.7. The van der Waals surface area contributed by atoms with Gasteiger partial charge in [-0.1, -0.05) is 24.3 Å². The Kier molecular flexibility index (Phi) is 12.0. The predicted octanol–water partition coefficient (Wildman–Crippen LogP) is 7.91. The maximum Gasteiger partial charge on any atom is 0.410 e. The van der Waals surface area contributed by atoms with Gasteiger partial charge in [0.25, 0.3) is 5.91 Å². The fourth-order valence-corrected chi connectivity index (χ4v) is 8.69. The predicted molar refractivity (Wildman–Crippen MR) is 225 cm³/mol. The summed E-state index contributed by atoms with van der Waals surface area (Å²) in [7, 11) is 1.52. The molecule has 62 heavy (non-hydrogen) atoms. The smallest absolute Gasteiger partial charge is 0.410 e. The standard InChI is InChI=1S/C46H52F3N7O6/c1-44(2,3)62-43(58)55-19-17-54(18-20-55)21-22-60-42-50-25-33(26-51-42)31-7-8-32-27-56(53-37(32)23-31)46-14-11-45(12-15-46,13-16-46)29-52-41(57)35-24-36(47)40(39(49)38(35)48)61-28-30-5-9-34(59-4)10-6-30/h5-10,23-27H,11-22,28-29H2,1-4H3,(H,52,57). The largest absolute Gasteiger partial charge is 0.497 e. The number of methoxy groups -OCH3 is 1. The van der Waals surface area contributed by atoms with Crippen molar-refractivity contribution in [2.24, 2.45) is 5.41 Å². The number of hydrogen-bond donors (Lipinski definition) is 1. The molecule has 3 aromatic carbocycles. The van der Waals surface area contributed by atoms with Crippen molar-refractivity contribution >= 4 is 22.9 Å². The minimum absolute atomic E-state index is 0.168. The minimum Gasteiger partial charge on any atom is -0.497 e. The Hall–Kier alpha value is -5.90. The Balaban J connectivity index is 0.819. The number of fused-ring (bicyclic) bond motifs is 4. The van der Waals surface area contributed by atoms with Crippen LogP contribution < -0.4 is 19.5 Å². The summed E-state index contributed by atoms with van der Waals surface area (Å²) in [6.45, 7) is 9.46. The van der Waals surface area contributed by atoms with Gasteiger partial charge in [-0.25, -0.2) is 23.5 Å². The number of nitrogens with zero attached hydrogens (tertiary/aromatic N) is 6. The molecule has 2 aromatic heterocycles. The Morgan fingerprint density at radius 1 is 0.839 bits per heavy atom.